The number of pyridine rings is 1. The fourth-order valence-electron chi connectivity index (χ4n) is 1.93. The number of aromatic nitrogens is 1. The van der Waals surface area contributed by atoms with E-state index in [1.807, 2.05) is 6.07 Å². The van der Waals surface area contributed by atoms with Gasteiger partial charge in [-0.05, 0) is 42.7 Å². The van der Waals surface area contributed by atoms with Crippen LogP contribution in [0.15, 0.2) is 42.6 Å². The van der Waals surface area contributed by atoms with Crippen LogP contribution in [0.5, 0.6) is 0 Å². The van der Waals surface area contributed by atoms with E-state index in [-0.39, 0.29) is 5.91 Å². The normalized spacial score (nSPS) is 10.5. The Morgan fingerprint density at radius 1 is 1.23 bits per heavy atom. The van der Waals surface area contributed by atoms with Crippen LogP contribution < -0.4 is 10.6 Å². The Kier molecular flexibility index (Phi) is 5.47. The number of rotatable bonds is 6. The second-order valence-electron chi connectivity index (χ2n) is 5.50. The third-order valence-electron chi connectivity index (χ3n) is 3.13. The molecule has 0 fully saturated rings. The summed E-state index contributed by atoms with van der Waals surface area (Å²) in [6.45, 7) is 5.16. The van der Waals surface area contributed by atoms with Gasteiger partial charge in [0, 0.05) is 24.1 Å². The van der Waals surface area contributed by atoms with Gasteiger partial charge < -0.3 is 10.6 Å². The topological polar surface area (TPSA) is 54.0 Å². The van der Waals surface area contributed by atoms with E-state index in [0.717, 1.165) is 18.7 Å². The van der Waals surface area contributed by atoms with Gasteiger partial charge in [-0.15, -0.1) is 0 Å². The molecule has 0 radical (unpaired) electrons. The predicted octanol–water partition coefficient (Wildman–Crippen LogP) is 3.93. The number of hydrogen-bond acceptors (Lipinski definition) is 3. The van der Waals surface area contributed by atoms with E-state index in [4.69, 9.17) is 0 Å². The molecule has 1 heterocycles. The Bertz CT molecular complexity index is 643. The SMILES string of the molecule is CC(C)CCNc1ccnc(C(=O)Nc2cccc(F)c2)c1. The maximum absolute atomic E-state index is 13.1. The highest BCUT2D eigenvalue weighted by atomic mass is 19.1. The maximum atomic E-state index is 13.1. The highest BCUT2D eigenvalue weighted by molar-refractivity contribution is 6.03. The molecular weight excluding hydrogens is 281 g/mol. The molecule has 0 aliphatic rings. The number of halogens is 1. The first-order chi connectivity index (χ1) is 10.5. The van der Waals surface area contributed by atoms with Gasteiger partial charge in [-0.1, -0.05) is 19.9 Å². The molecule has 1 aromatic carbocycles. The summed E-state index contributed by atoms with van der Waals surface area (Å²) in [7, 11) is 0. The van der Waals surface area contributed by atoms with Crippen molar-refractivity contribution < 1.29 is 9.18 Å². The molecule has 0 spiro atoms. The van der Waals surface area contributed by atoms with E-state index in [0.29, 0.717) is 17.3 Å². The van der Waals surface area contributed by atoms with Crippen LogP contribution in [0.25, 0.3) is 0 Å². The quantitative estimate of drug-likeness (QED) is 0.850. The molecule has 0 aliphatic carbocycles. The van der Waals surface area contributed by atoms with Crippen molar-refractivity contribution in [2.24, 2.45) is 5.92 Å². The summed E-state index contributed by atoms with van der Waals surface area (Å²) in [5.74, 6) is -0.141. The van der Waals surface area contributed by atoms with Crippen LogP contribution in [0.3, 0.4) is 0 Å². The van der Waals surface area contributed by atoms with E-state index in [1.54, 1.807) is 24.4 Å². The van der Waals surface area contributed by atoms with Crippen molar-refractivity contribution in [3.63, 3.8) is 0 Å². The Morgan fingerprint density at radius 2 is 2.05 bits per heavy atom. The number of hydrogen-bond donors (Lipinski definition) is 2. The summed E-state index contributed by atoms with van der Waals surface area (Å²) in [5, 5.41) is 5.90. The Balaban J connectivity index is 2.00. The van der Waals surface area contributed by atoms with Crippen molar-refractivity contribution in [1.29, 1.82) is 0 Å². The minimum Gasteiger partial charge on any atom is -0.385 e. The number of amides is 1. The monoisotopic (exact) mass is 301 g/mol. The van der Waals surface area contributed by atoms with Crippen LogP contribution in [0.2, 0.25) is 0 Å². The van der Waals surface area contributed by atoms with Gasteiger partial charge >= 0.3 is 0 Å². The number of carbonyl (C=O) groups is 1. The van der Waals surface area contributed by atoms with Crippen molar-refractivity contribution in [3.8, 4) is 0 Å². The average Bonchev–Trinajstić information content (AvgIpc) is 2.47. The number of nitrogens with zero attached hydrogens (tertiary/aromatic N) is 1. The Hall–Kier alpha value is -2.43. The number of carbonyl (C=O) groups excluding carboxylic acids is 1. The summed E-state index contributed by atoms with van der Waals surface area (Å²) in [6.07, 6.45) is 2.63. The number of anilines is 2. The standard InChI is InChI=1S/C17H20FN3O/c1-12(2)6-8-19-14-7-9-20-16(11-14)17(22)21-15-5-3-4-13(18)10-15/h3-5,7,9-12H,6,8H2,1-2H3,(H,19,20)(H,21,22). The molecule has 1 aromatic heterocycles. The molecule has 2 N–H and O–H groups in total. The molecule has 0 saturated heterocycles. The fraction of sp³-hybridized carbons (Fsp3) is 0.294. The summed E-state index contributed by atoms with van der Waals surface area (Å²) < 4.78 is 13.1. The Morgan fingerprint density at radius 3 is 2.77 bits per heavy atom. The second kappa shape index (κ2) is 7.54. The summed E-state index contributed by atoms with van der Waals surface area (Å²) in [5.41, 5.74) is 1.55. The van der Waals surface area contributed by atoms with Gasteiger partial charge in [0.05, 0.1) is 0 Å². The predicted molar refractivity (Wildman–Crippen MR) is 86.5 cm³/mol. The first-order valence-corrected chi connectivity index (χ1v) is 7.31. The van der Waals surface area contributed by atoms with E-state index in [2.05, 4.69) is 29.5 Å². The lowest BCUT2D eigenvalue weighted by atomic mass is 10.1. The molecule has 0 aliphatic heterocycles. The van der Waals surface area contributed by atoms with Crippen LogP contribution in [0, 0.1) is 11.7 Å². The number of nitrogens with one attached hydrogen (secondary N) is 2. The van der Waals surface area contributed by atoms with Crippen LogP contribution in [-0.4, -0.2) is 17.4 Å². The van der Waals surface area contributed by atoms with Gasteiger partial charge in [-0.2, -0.15) is 0 Å². The van der Waals surface area contributed by atoms with E-state index >= 15 is 0 Å². The molecular formula is C17H20FN3O. The van der Waals surface area contributed by atoms with Gasteiger partial charge in [0.25, 0.3) is 5.91 Å². The molecule has 1 amide bonds. The first-order valence-electron chi connectivity index (χ1n) is 7.31. The van der Waals surface area contributed by atoms with Crippen molar-refractivity contribution in [2.45, 2.75) is 20.3 Å². The molecule has 0 bridgehead atoms. The minimum absolute atomic E-state index is 0.291. The van der Waals surface area contributed by atoms with Crippen molar-refractivity contribution in [1.82, 2.24) is 4.98 Å². The molecule has 2 aromatic rings. The molecule has 0 atom stereocenters. The minimum atomic E-state index is -0.394. The molecule has 2 rings (SSSR count). The first kappa shape index (κ1) is 15.9. The second-order valence-corrected chi connectivity index (χ2v) is 5.50. The van der Waals surface area contributed by atoms with E-state index in [9.17, 15) is 9.18 Å². The Labute approximate surface area is 129 Å². The van der Waals surface area contributed by atoms with Gasteiger partial charge in [0.15, 0.2) is 0 Å². The van der Waals surface area contributed by atoms with Crippen LogP contribution in [0.4, 0.5) is 15.8 Å². The smallest absolute Gasteiger partial charge is 0.274 e. The van der Waals surface area contributed by atoms with E-state index in [1.165, 1.54) is 12.1 Å². The van der Waals surface area contributed by atoms with E-state index < -0.39 is 5.82 Å². The lowest BCUT2D eigenvalue weighted by molar-refractivity contribution is 0.102. The van der Waals surface area contributed by atoms with Crippen LogP contribution in [0.1, 0.15) is 30.8 Å². The molecule has 0 saturated carbocycles. The lowest BCUT2D eigenvalue weighted by Gasteiger charge is -2.09. The lowest BCUT2D eigenvalue weighted by Crippen LogP contribution is -2.14. The molecule has 5 heteroatoms. The third-order valence-corrected chi connectivity index (χ3v) is 3.13. The molecule has 4 nitrogen and oxygen atoms in total. The summed E-state index contributed by atoms with van der Waals surface area (Å²) in [4.78, 5) is 16.2. The van der Waals surface area contributed by atoms with Gasteiger partial charge in [-0.3, -0.25) is 9.78 Å². The van der Waals surface area contributed by atoms with Crippen LogP contribution >= 0.6 is 0 Å². The van der Waals surface area contributed by atoms with Crippen LogP contribution in [-0.2, 0) is 0 Å². The summed E-state index contributed by atoms with van der Waals surface area (Å²) >= 11 is 0. The molecule has 116 valence electrons. The van der Waals surface area contributed by atoms with Gasteiger partial charge in [-0.25, -0.2) is 4.39 Å². The highest BCUT2D eigenvalue weighted by Gasteiger charge is 2.09. The molecule has 0 unspecified atom stereocenters. The maximum Gasteiger partial charge on any atom is 0.274 e. The van der Waals surface area contributed by atoms with Gasteiger partial charge in [0.1, 0.15) is 11.5 Å². The van der Waals surface area contributed by atoms with Gasteiger partial charge in [0.2, 0.25) is 0 Å². The highest BCUT2D eigenvalue weighted by Crippen LogP contribution is 2.13. The number of benzene rings is 1. The summed E-state index contributed by atoms with van der Waals surface area (Å²) in [6, 6.07) is 9.28. The zero-order valence-corrected chi connectivity index (χ0v) is 12.8. The average molecular weight is 301 g/mol. The fourth-order valence-corrected chi connectivity index (χ4v) is 1.93. The molecule has 22 heavy (non-hydrogen) atoms. The van der Waals surface area contributed by atoms with Crippen molar-refractivity contribution in [3.05, 3.63) is 54.1 Å². The largest absolute Gasteiger partial charge is 0.385 e. The van der Waals surface area contributed by atoms with Crippen molar-refractivity contribution in [2.75, 3.05) is 17.2 Å². The zero-order chi connectivity index (χ0) is 15.9. The third kappa shape index (κ3) is 4.84. The zero-order valence-electron chi connectivity index (χ0n) is 12.8. The van der Waals surface area contributed by atoms with Crippen molar-refractivity contribution >= 4 is 17.3 Å².